The van der Waals surface area contributed by atoms with E-state index in [0.717, 1.165) is 5.52 Å². The Kier molecular flexibility index (Phi) is 3.36. The highest BCUT2D eigenvalue weighted by Gasteiger charge is 2.13. The second-order valence-corrected chi connectivity index (χ2v) is 4.03. The van der Waals surface area contributed by atoms with Crippen molar-refractivity contribution in [3.63, 3.8) is 0 Å². The third kappa shape index (κ3) is 2.53. The van der Waals surface area contributed by atoms with Crippen LogP contribution in [0.3, 0.4) is 0 Å². The number of rotatable bonds is 4. The fourth-order valence-corrected chi connectivity index (χ4v) is 1.63. The molecule has 0 aliphatic carbocycles. The fraction of sp³-hybridized carbons (Fsp3) is 0.333. The number of likely N-dealkylation sites (N-methyl/N-ethyl adjacent to an activating group) is 2. The zero-order valence-corrected chi connectivity index (χ0v) is 10.4. The van der Waals surface area contributed by atoms with Crippen LogP contribution < -0.4 is 16.0 Å². The highest BCUT2D eigenvalue weighted by Crippen LogP contribution is 2.22. The summed E-state index contributed by atoms with van der Waals surface area (Å²) in [6.45, 7) is 2.69. The minimum Gasteiger partial charge on any atom is -0.423 e. The predicted octanol–water partition coefficient (Wildman–Crippen LogP) is 0.982. The van der Waals surface area contributed by atoms with E-state index in [1.165, 1.54) is 0 Å². The van der Waals surface area contributed by atoms with Gasteiger partial charge in [0.25, 0.3) is 6.01 Å². The topological polar surface area (TPSA) is 84.4 Å². The summed E-state index contributed by atoms with van der Waals surface area (Å²) in [5.74, 6) is -0.0678. The molecule has 1 aromatic carbocycles. The Morgan fingerprint density at radius 1 is 1.56 bits per heavy atom. The molecule has 1 amide bonds. The number of nitrogens with two attached hydrogens (primary N) is 1. The number of nitrogens with one attached hydrogen (secondary N) is 1. The zero-order valence-electron chi connectivity index (χ0n) is 10.4. The van der Waals surface area contributed by atoms with Gasteiger partial charge in [0.05, 0.1) is 0 Å². The van der Waals surface area contributed by atoms with Crippen molar-refractivity contribution in [2.24, 2.45) is 0 Å². The van der Waals surface area contributed by atoms with Crippen molar-refractivity contribution in [3.8, 4) is 0 Å². The van der Waals surface area contributed by atoms with E-state index < -0.39 is 0 Å². The summed E-state index contributed by atoms with van der Waals surface area (Å²) in [4.78, 5) is 17.4. The smallest absolute Gasteiger partial charge is 0.298 e. The maximum atomic E-state index is 11.5. The van der Waals surface area contributed by atoms with Gasteiger partial charge in [0, 0.05) is 25.3 Å². The van der Waals surface area contributed by atoms with Gasteiger partial charge in [0.1, 0.15) is 12.1 Å². The molecule has 0 radical (unpaired) electrons. The lowest BCUT2D eigenvalue weighted by molar-refractivity contribution is -0.119. The molecule has 2 rings (SSSR count). The molecule has 0 bridgehead atoms. The number of aromatic nitrogens is 1. The van der Waals surface area contributed by atoms with Crippen LogP contribution in [0.15, 0.2) is 22.6 Å². The Labute approximate surface area is 105 Å². The van der Waals surface area contributed by atoms with Gasteiger partial charge in [-0.1, -0.05) is 0 Å². The molecule has 0 aliphatic rings. The van der Waals surface area contributed by atoms with Crippen LogP contribution >= 0.6 is 0 Å². The first kappa shape index (κ1) is 12.2. The second-order valence-electron chi connectivity index (χ2n) is 4.03. The molecule has 0 spiro atoms. The third-order valence-electron chi connectivity index (χ3n) is 2.48. The number of nitrogens with zero attached hydrogens (tertiary/aromatic N) is 2. The van der Waals surface area contributed by atoms with Gasteiger partial charge in [-0.05, 0) is 19.1 Å². The Balaban J connectivity index is 2.17. The van der Waals surface area contributed by atoms with Crippen LogP contribution in [0.4, 0.5) is 11.7 Å². The molecule has 1 heterocycles. The van der Waals surface area contributed by atoms with E-state index in [1.807, 2.05) is 6.92 Å². The van der Waals surface area contributed by atoms with Gasteiger partial charge in [-0.2, -0.15) is 4.98 Å². The molecule has 0 saturated heterocycles. The molecule has 0 unspecified atom stereocenters. The first-order valence-corrected chi connectivity index (χ1v) is 5.74. The quantitative estimate of drug-likeness (QED) is 0.788. The van der Waals surface area contributed by atoms with Crippen molar-refractivity contribution in [1.82, 2.24) is 10.3 Å². The zero-order chi connectivity index (χ0) is 13.1. The number of amides is 1. The highest BCUT2D eigenvalue weighted by atomic mass is 16.4. The van der Waals surface area contributed by atoms with Crippen LogP contribution in [0.5, 0.6) is 0 Å². The largest absolute Gasteiger partial charge is 0.423 e. The van der Waals surface area contributed by atoms with Gasteiger partial charge in [-0.25, -0.2) is 0 Å². The van der Waals surface area contributed by atoms with Gasteiger partial charge < -0.3 is 20.4 Å². The maximum absolute atomic E-state index is 11.5. The lowest BCUT2D eigenvalue weighted by Gasteiger charge is -2.13. The molecule has 18 heavy (non-hydrogen) atoms. The molecular formula is C12H16N4O2. The average molecular weight is 248 g/mol. The van der Waals surface area contributed by atoms with Crippen LogP contribution in [0.25, 0.3) is 11.1 Å². The lowest BCUT2D eigenvalue weighted by Crippen LogP contribution is -2.35. The Hall–Kier alpha value is -2.24. The number of hydrogen-bond acceptors (Lipinski definition) is 5. The monoisotopic (exact) mass is 248 g/mol. The summed E-state index contributed by atoms with van der Waals surface area (Å²) in [5, 5.41) is 2.72. The maximum Gasteiger partial charge on any atom is 0.298 e. The third-order valence-corrected chi connectivity index (χ3v) is 2.48. The molecular weight excluding hydrogens is 232 g/mol. The number of carbonyl (C=O) groups is 1. The number of hydrogen-bond donors (Lipinski definition) is 2. The molecule has 6 nitrogen and oxygen atoms in total. The summed E-state index contributed by atoms with van der Waals surface area (Å²) < 4.78 is 5.54. The summed E-state index contributed by atoms with van der Waals surface area (Å²) in [6.07, 6.45) is 0. The van der Waals surface area contributed by atoms with Crippen molar-refractivity contribution in [3.05, 3.63) is 18.2 Å². The van der Waals surface area contributed by atoms with Crippen LogP contribution in [-0.2, 0) is 4.79 Å². The molecule has 0 saturated carbocycles. The molecule has 0 atom stereocenters. The lowest BCUT2D eigenvalue weighted by atomic mass is 10.3. The van der Waals surface area contributed by atoms with E-state index in [2.05, 4.69) is 10.3 Å². The molecule has 0 aliphatic heterocycles. The minimum absolute atomic E-state index is 0.0678. The van der Waals surface area contributed by atoms with E-state index >= 15 is 0 Å². The molecule has 6 heteroatoms. The van der Waals surface area contributed by atoms with Gasteiger partial charge >= 0.3 is 0 Å². The van der Waals surface area contributed by atoms with Crippen LogP contribution in [-0.4, -0.2) is 31.0 Å². The number of fused-ring (bicyclic) bond motifs is 1. The average Bonchev–Trinajstić information content (AvgIpc) is 2.72. The molecule has 0 fully saturated rings. The van der Waals surface area contributed by atoms with Crippen molar-refractivity contribution < 1.29 is 9.21 Å². The summed E-state index contributed by atoms with van der Waals surface area (Å²) in [7, 11) is 1.75. The number of nitrogen functional groups attached to an aromatic ring is 1. The molecule has 96 valence electrons. The van der Waals surface area contributed by atoms with Crippen molar-refractivity contribution in [2.75, 3.05) is 30.8 Å². The van der Waals surface area contributed by atoms with E-state index in [0.29, 0.717) is 23.8 Å². The number of benzene rings is 1. The predicted molar refractivity (Wildman–Crippen MR) is 70.4 cm³/mol. The summed E-state index contributed by atoms with van der Waals surface area (Å²) in [5.41, 5.74) is 7.63. The normalized spacial score (nSPS) is 10.6. The standard InChI is InChI=1S/C12H16N4O2/c1-3-14-11(17)7-16(2)12-15-9-5-4-8(13)6-10(9)18-12/h4-6H,3,7,13H2,1-2H3,(H,14,17). The van der Waals surface area contributed by atoms with Gasteiger partial charge in [-0.3, -0.25) is 4.79 Å². The van der Waals surface area contributed by atoms with Crippen molar-refractivity contribution in [1.29, 1.82) is 0 Å². The highest BCUT2D eigenvalue weighted by molar-refractivity contribution is 5.82. The van der Waals surface area contributed by atoms with Gasteiger partial charge in [0.15, 0.2) is 5.58 Å². The summed E-state index contributed by atoms with van der Waals surface area (Å²) >= 11 is 0. The van der Waals surface area contributed by atoms with Gasteiger partial charge in [0.2, 0.25) is 5.91 Å². The van der Waals surface area contributed by atoms with Crippen molar-refractivity contribution in [2.45, 2.75) is 6.92 Å². The van der Waals surface area contributed by atoms with Gasteiger partial charge in [-0.15, -0.1) is 0 Å². The molecule has 3 N–H and O–H groups in total. The first-order valence-electron chi connectivity index (χ1n) is 5.74. The van der Waals surface area contributed by atoms with Crippen LogP contribution in [0, 0.1) is 0 Å². The minimum atomic E-state index is -0.0678. The molecule has 1 aromatic heterocycles. The molecule has 2 aromatic rings. The second kappa shape index (κ2) is 4.95. The number of oxazole rings is 1. The Bertz CT molecular complexity index is 564. The fourth-order valence-electron chi connectivity index (χ4n) is 1.63. The number of anilines is 2. The first-order chi connectivity index (χ1) is 8.60. The SMILES string of the molecule is CCNC(=O)CN(C)c1nc2ccc(N)cc2o1. The van der Waals surface area contributed by atoms with E-state index in [4.69, 9.17) is 10.2 Å². The van der Waals surface area contributed by atoms with E-state index in [9.17, 15) is 4.79 Å². The number of carbonyl (C=O) groups excluding carboxylic acids is 1. The van der Waals surface area contributed by atoms with Crippen molar-refractivity contribution >= 4 is 28.7 Å². The Morgan fingerprint density at radius 2 is 2.33 bits per heavy atom. The van der Waals surface area contributed by atoms with E-state index in [1.54, 1.807) is 30.1 Å². The van der Waals surface area contributed by atoms with E-state index in [-0.39, 0.29) is 12.5 Å². The van der Waals surface area contributed by atoms with Crippen LogP contribution in [0.2, 0.25) is 0 Å². The Morgan fingerprint density at radius 3 is 3.06 bits per heavy atom. The summed E-state index contributed by atoms with van der Waals surface area (Å²) in [6, 6.07) is 5.67. The van der Waals surface area contributed by atoms with Crippen LogP contribution in [0.1, 0.15) is 6.92 Å².